The third kappa shape index (κ3) is 4.40. The number of hydrogen-bond acceptors (Lipinski definition) is 4. The van der Waals surface area contributed by atoms with Crippen LogP contribution in [0.3, 0.4) is 0 Å². The van der Waals surface area contributed by atoms with Crippen LogP contribution in [0.15, 0.2) is 103 Å². The molecule has 6 aromatic rings. The van der Waals surface area contributed by atoms with Crippen LogP contribution < -0.4 is 0 Å². The number of carbonyl (C=O) groups excluding carboxylic acids is 1. The van der Waals surface area contributed by atoms with Gasteiger partial charge in [0, 0.05) is 29.1 Å². The summed E-state index contributed by atoms with van der Waals surface area (Å²) in [7, 11) is 1.19. The van der Waals surface area contributed by atoms with Crippen LogP contribution >= 0.6 is 0 Å². The molecule has 42 heavy (non-hydrogen) atoms. The van der Waals surface area contributed by atoms with E-state index in [0.717, 1.165) is 5.56 Å². The predicted octanol–water partition coefficient (Wildman–Crippen LogP) is 6.75. The first-order valence-electron chi connectivity index (χ1n) is 12.9. The van der Waals surface area contributed by atoms with E-state index in [4.69, 9.17) is 4.74 Å². The molecule has 0 radical (unpaired) electrons. The van der Waals surface area contributed by atoms with Gasteiger partial charge in [0.15, 0.2) is 0 Å². The van der Waals surface area contributed by atoms with E-state index < -0.39 is 34.7 Å². The molecular weight excluding hydrogens is 550 g/mol. The molecule has 212 valence electrons. The summed E-state index contributed by atoms with van der Waals surface area (Å²) in [5, 5.41) is 16.4. The second kappa shape index (κ2) is 10.1. The number of nitrogens with zero attached hydrogens (tertiary/aromatic N) is 3. The van der Waals surface area contributed by atoms with Gasteiger partial charge in [-0.1, -0.05) is 48.5 Å². The normalized spacial score (nSPS) is 13.4. The summed E-state index contributed by atoms with van der Waals surface area (Å²) < 4.78 is 66.5. The fraction of sp³-hybridized carbons (Fsp3) is 0.125. The molecule has 2 heterocycles. The summed E-state index contributed by atoms with van der Waals surface area (Å²) in [5.74, 6) is -1.15. The molecule has 0 aliphatic carbocycles. The van der Waals surface area contributed by atoms with Crippen molar-refractivity contribution in [2.45, 2.75) is 18.3 Å². The second-order valence-corrected chi connectivity index (χ2v) is 9.86. The van der Waals surface area contributed by atoms with Gasteiger partial charge in [-0.3, -0.25) is 0 Å². The van der Waals surface area contributed by atoms with E-state index in [0.29, 0.717) is 16.6 Å². The van der Waals surface area contributed by atoms with Gasteiger partial charge < -0.3 is 14.4 Å². The first kappa shape index (κ1) is 27.2. The van der Waals surface area contributed by atoms with Crippen LogP contribution in [0.5, 0.6) is 0 Å². The number of aliphatic hydroxyl groups is 1. The third-order valence-corrected chi connectivity index (χ3v) is 7.36. The molecule has 2 aromatic heterocycles. The highest BCUT2D eigenvalue weighted by molar-refractivity contribution is 6.04. The van der Waals surface area contributed by atoms with Gasteiger partial charge in [0.25, 0.3) is 0 Å². The minimum atomic E-state index is -5.15. The van der Waals surface area contributed by atoms with Crippen LogP contribution in [0.4, 0.5) is 17.6 Å². The fourth-order valence-corrected chi connectivity index (χ4v) is 5.35. The lowest BCUT2D eigenvalue weighted by Gasteiger charge is -2.31. The van der Waals surface area contributed by atoms with Gasteiger partial charge in [0.2, 0.25) is 5.60 Å². The van der Waals surface area contributed by atoms with Crippen molar-refractivity contribution in [3.8, 4) is 5.69 Å². The average Bonchev–Trinajstić information content (AvgIpc) is 3.58. The number of aromatic nitrogens is 3. The predicted molar refractivity (Wildman–Crippen MR) is 149 cm³/mol. The second-order valence-electron chi connectivity index (χ2n) is 9.86. The van der Waals surface area contributed by atoms with Crippen molar-refractivity contribution >= 4 is 27.8 Å². The Kier molecular flexibility index (Phi) is 6.58. The van der Waals surface area contributed by atoms with Gasteiger partial charge in [0.05, 0.1) is 35.6 Å². The summed E-state index contributed by atoms with van der Waals surface area (Å²) in [6.07, 6.45) is -2.53. The molecule has 0 saturated heterocycles. The molecule has 0 aliphatic heterocycles. The number of hydrogen-bond donors (Lipinski definition) is 1. The van der Waals surface area contributed by atoms with E-state index in [1.807, 2.05) is 18.2 Å². The molecule has 4 aromatic carbocycles. The Morgan fingerprint density at radius 3 is 2.38 bits per heavy atom. The smallest absolute Gasteiger partial charge is 0.425 e. The van der Waals surface area contributed by atoms with Crippen molar-refractivity contribution in [3.63, 3.8) is 0 Å². The Morgan fingerprint density at radius 2 is 1.69 bits per heavy atom. The van der Waals surface area contributed by atoms with E-state index in [-0.39, 0.29) is 23.0 Å². The minimum absolute atomic E-state index is 0.0516. The molecule has 0 bridgehead atoms. The summed E-state index contributed by atoms with van der Waals surface area (Å²) in [6.45, 7) is 0.142. The molecule has 6 nitrogen and oxygen atoms in total. The van der Waals surface area contributed by atoms with Crippen LogP contribution in [0.1, 0.15) is 27.0 Å². The molecule has 10 heteroatoms. The van der Waals surface area contributed by atoms with Gasteiger partial charge in [-0.15, -0.1) is 0 Å². The van der Waals surface area contributed by atoms with E-state index >= 15 is 13.2 Å². The van der Waals surface area contributed by atoms with Gasteiger partial charge >= 0.3 is 12.1 Å². The Bertz CT molecular complexity index is 1930. The number of rotatable bonds is 6. The molecule has 0 saturated carbocycles. The number of halogens is 4. The largest absolute Gasteiger partial charge is 0.465 e. The first-order chi connectivity index (χ1) is 20.1. The summed E-state index contributed by atoms with van der Waals surface area (Å²) in [6, 6.07) is 22.8. The lowest BCUT2D eigenvalue weighted by molar-refractivity contribution is -0.247. The van der Waals surface area contributed by atoms with Crippen molar-refractivity contribution in [2.75, 3.05) is 7.11 Å². The molecule has 0 fully saturated rings. The van der Waals surface area contributed by atoms with Crippen LogP contribution in [-0.4, -0.2) is 38.7 Å². The van der Waals surface area contributed by atoms with Gasteiger partial charge in [-0.2, -0.15) is 18.3 Å². The van der Waals surface area contributed by atoms with E-state index in [2.05, 4.69) is 5.10 Å². The van der Waals surface area contributed by atoms with Gasteiger partial charge in [0.1, 0.15) is 5.82 Å². The maximum Gasteiger partial charge on any atom is 0.425 e. The number of para-hydroxylation sites is 1. The maximum absolute atomic E-state index is 15.1. The number of ether oxygens (including phenoxy) is 1. The number of esters is 1. The van der Waals surface area contributed by atoms with Gasteiger partial charge in [-0.25, -0.2) is 13.9 Å². The lowest BCUT2D eigenvalue weighted by atomic mass is 9.84. The highest BCUT2D eigenvalue weighted by Gasteiger charge is 2.57. The first-order valence-corrected chi connectivity index (χ1v) is 12.9. The minimum Gasteiger partial charge on any atom is -0.465 e. The SMILES string of the molecule is COC(=O)c1cccc2c(C(O)(c3ccc4c(cnn4-c4ccc(F)cc4)c3)C(F)(F)F)cn(Cc3ccccc3)c12. The molecule has 6 rings (SSSR count). The molecule has 0 amide bonds. The topological polar surface area (TPSA) is 69.3 Å². The third-order valence-electron chi connectivity index (χ3n) is 7.36. The number of fused-ring (bicyclic) bond motifs is 2. The summed E-state index contributed by atoms with van der Waals surface area (Å²) in [5.41, 5.74) is -2.27. The molecule has 1 atom stereocenters. The Balaban J connectivity index is 1.57. The number of benzene rings is 4. The standard InChI is InChI=1S/C32H23F4N3O3/c1-42-30(40)26-9-5-8-25-27(19-38(29(25)26)18-20-6-3-2-4-7-20)31(41,32(34,35)36)22-10-15-28-21(16-22)17-37-39(28)24-13-11-23(33)12-14-24/h2-17,19,41H,18H2,1H3. The number of carbonyl (C=O) groups is 1. The number of alkyl halides is 3. The zero-order valence-corrected chi connectivity index (χ0v) is 22.1. The molecule has 1 N–H and O–H groups in total. The fourth-order valence-electron chi connectivity index (χ4n) is 5.35. The van der Waals surface area contributed by atoms with Crippen LogP contribution in [0.25, 0.3) is 27.5 Å². The van der Waals surface area contributed by atoms with Crippen molar-refractivity contribution in [2.24, 2.45) is 0 Å². The van der Waals surface area contributed by atoms with Crippen molar-refractivity contribution in [3.05, 3.63) is 131 Å². The van der Waals surface area contributed by atoms with E-state index in [1.165, 1.54) is 89.4 Å². The summed E-state index contributed by atoms with van der Waals surface area (Å²) in [4.78, 5) is 12.7. The van der Waals surface area contributed by atoms with Gasteiger partial charge in [-0.05, 0) is 53.6 Å². The Labute approximate surface area is 237 Å². The molecule has 0 aliphatic rings. The van der Waals surface area contributed by atoms with Crippen molar-refractivity contribution in [1.82, 2.24) is 14.3 Å². The Morgan fingerprint density at radius 1 is 0.952 bits per heavy atom. The Hall–Kier alpha value is -4.96. The zero-order chi connectivity index (χ0) is 29.6. The molecule has 1 unspecified atom stereocenters. The van der Waals surface area contributed by atoms with E-state index in [9.17, 15) is 14.3 Å². The highest BCUT2D eigenvalue weighted by Crippen LogP contribution is 2.48. The molecular formula is C32H23F4N3O3. The highest BCUT2D eigenvalue weighted by atomic mass is 19.4. The average molecular weight is 574 g/mol. The lowest BCUT2D eigenvalue weighted by Crippen LogP contribution is -2.43. The van der Waals surface area contributed by atoms with Crippen LogP contribution in [-0.2, 0) is 16.9 Å². The van der Waals surface area contributed by atoms with Crippen LogP contribution in [0, 0.1) is 5.82 Å². The molecule has 0 spiro atoms. The van der Waals surface area contributed by atoms with Crippen LogP contribution in [0.2, 0.25) is 0 Å². The van der Waals surface area contributed by atoms with Crippen molar-refractivity contribution < 1.29 is 32.2 Å². The summed E-state index contributed by atoms with van der Waals surface area (Å²) >= 11 is 0. The monoisotopic (exact) mass is 573 g/mol. The maximum atomic E-state index is 15.1. The zero-order valence-electron chi connectivity index (χ0n) is 22.1. The van der Waals surface area contributed by atoms with E-state index in [1.54, 1.807) is 12.1 Å². The quantitative estimate of drug-likeness (QED) is 0.177. The van der Waals surface area contributed by atoms with Crippen molar-refractivity contribution in [1.29, 1.82) is 0 Å². The number of methoxy groups -OCH3 is 1.